The molecule has 0 amide bonds. The average molecular weight is 668 g/mol. The van der Waals surface area contributed by atoms with Gasteiger partial charge in [-0.1, -0.05) is 31.6 Å². The van der Waals surface area contributed by atoms with Gasteiger partial charge in [-0.2, -0.15) is 8.62 Å². The number of nitrogens with one attached hydrogen (secondary N) is 1. The molecule has 0 spiro atoms. The van der Waals surface area contributed by atoms with E-state index in [1.54, 1.807) is 0 Å². The molecule has 0 radical (unpaired) electrons. The van der Waals surface area contributed by atoms with Crippen molar-refractivity contribution in [1.82, 2.24) is 9.55 Å². The number of aryl methyl sites for hydroxylation is 1. The molecule has 238 valence electrons. The topological polar surface area (TPSA) is 228 Å². The number of phosphoric acid groups is 3. The van der Waals surface area contributed by atoms with Crippen LogP contribution in [0.3, 0.4) is 0 Å². The third-order valence-corrected chi connectivity index (χ3v) is 10.2. The third-order valence-electron chi connectivity index (χ3n) is 5.54. The second kappa shape index (κ2) is 15.0. The SMILES string of the molecule is CCCCC(=O)Oc1ccc(COP(=O)(OC)OP(=O)(O)OP(=O)(O)OC[C@@H]2C=C[C@H](n3cc(C)c(=O)[nH]c3=O)O2)cc1. The van der Waals surface area contributed by atoms with Crippen molar-refractivity contribution in [1.29, 1.82) is 0 Å². The Balaban J connectivity index is 1.51. The van der Waals surface area contributed by atoms with Crippen molar-refractivity contribution in [3.8, 4) is 5.75 Å². The van der Waals surface area contributed by atoms with Crippen molar-refractivity contribution in [2.24, 2.45) is 0 Å². The molecule has 1 aliphatic rings. The van der Waals surface area contributed by atoms with Crippen LogP contribution in [0, 0.1) is 6.92 Å². The highest BCUT2D eigenvalue weighted by molar-refractivity contribution is 7.67. The zero-order chi connectivity index (χ0) is 31.8. The molecule has 43 heavy (non-hydrogen) atoms. The second-order valence-electron chi connectivity index (χ2n) is 8.95. The number of rotatable bonds is 16. The van der Waals surface area contributed by atoms with E-state index in [9.17, 15) is 37.9 Å². The lowest BCUT2D eigenvalue weighted by Gasteiger charge is -2.21. The van der Waals surface area contributed by atoms with Crippen molar-refractivity contribution >= 4 is 29.4 Å². The molecule has 1 aliphatic heterocycles. The third kappa shape index (κ3) is 10.9. The number of benzene rings is 1. The number of hydrogen-bond acceptors (Lipinski definition) is 13. The van der Waals surface area contributed by atoms with Gasteiger partial charge in [0.25, 0.3) is 5.56 Å². The van der Waals surface area contributed by atoms with Crippen molar-refractivity contribution in [2.45, 2.75) is 52.0 Å². The first-order chi connectivity index (χ1) is 20.1. The van der Waals surface area contributed by atoms with Crippen LogP contribution in [0.15, 0.2) is 52.2 Å². The fraction of sp³-hybridized carbons (Fsp3) is 0.435. The minimum absolute atomic E-state index is 0.235. The summed E-state index contributed by atoms with van der Waals surface area (Å²) in [5.41, 5.74) is -0.719. The van der Waals surface area contributed by atoms with Crippen LogP contribution >= 0.6 is 23.5 Å². The molecule has 3 unspecified atom stereocenters. The van der Waals surface area contributed by atoms with Crippen LogP contribution < -0.4 is 16.0 Å². The largest absolute Gasteiger partial charge is 0.490 e. The molecule has 20 heteroatoms. The quantitative estimate of drug-likeness (QED) is 0.100. The van der Waals surface area contributed by atoms with E-state index in [4.69, 9.17) is 18.5 Å². The Kier molecular flexibility index (Phi) is 12.2. The molecule has 0 bridgehead atoms. The van der Waals surface area contributed by atoms with Gasteiger partial charge in [0.2, 0.25) is 0 Å². The Morgan fingerprint density at radius 3 is 2.40 bits per heavy atom. The molecule has 17 nitrogen and oxygen atoms in total. The monoisotopic (exact) mass is 668 g/mol. The number of aromatic amines is 1. The Bertz CT molecular complexity index is 1570. The summed E-state index contributed by atoms with van der Waals surface area (Å²) in [4.78, 5) is 57.3. The Morgan fingerprint density at radius 2 is 1.74 bits per heavy atom. The number of esters is 1. The molecule has 3 N–H and O–H groups in total. The van der Waals surface area contributed by atoms with Crippen LogP contribution in [0.5, 0.6) is 5.75 Å². The number of carbonyl (C=O) groups is 1. The lowest BCUT2D eigenvalue weighted by Crippen LogP contribution is -2.33. The van der Waals surface area contributed by atoms with Gasteiger partial charge < -0.3 is 19.3 Å². The van der Waals surface area contributed by atoms with Crippen LogP contribution in [-0.2, 0) is 52.0 Å². The van der Waals surface area contributed by atoms with Gasteiger partial charge in [0.05, 0.1) is 13.2 Å². The summed E-state index contributed by atoms with van der Waals surface area (Å²) in [5.74, 6) is -0.140. The predicted molar refractivity (Wildman–Crippen MR) is 148 cm³/mol. The normalized spacial score (nSPS) is 20.7. The molecular weight excluding hydrogens is 637 g/mol. The number of aromatic nitrogens is 2. The summed E-state index contributed by atoms with van der Waals surface area (Å²) in [6.07, 6.45) is 3.84. The van der Waals surface area contributed by atoms with E-state index in [1.165, 1.54) is 49.5 Å². The number of unbranched alkanes of at least 4 members (excludes halogenated alkanes) is 1. The molecule has 0 aliphatic carbocycles. The zero-order valence-corrected chi connectivity index (χ0v) is 25.9. The highest BCUT2D eigenvalue weighted by Crippen LogP contribution is 2.69. The van der Waals surface area contributed by atoms with Crippen molar-refractivity contribution in [3.63, 3.8) is 0 Å². The fourth-order valence-electron chi connectivity index (χ4n) is 3.40. The highest BCUT2D eigenvalue weighted by atomic mass is 31.3. The summed E-state index contributed by atoms with van der Waals surface area (Å²) in [7, 11) is -14.9. The van der Waals surface area contributed by atoms with Gasteiger partial charge in [0.1, 0.15) is 11.9 Å². The van der Waals surface area contributed by atoms with Gasteiger partial charge in [0.15, 0.2) is 6.23 Å². The van der Waals surface area contributed by atoms with Gasteiger partial charge in [0, 0.05) is 25.3 Å². The molecule has 2 aromatic rings. The molecule has 0 saturated carbocycles. The molecule has 3 rings (SSSR count). The lowest BCUT2D eigenvalue weighted by atomic mass is 10.2. The predicted octanol–water partition coefficient (Wildman–Crippen LogP) is 3.62. The van der Waals surface area contributed by atoms with Gasteiger partial charge in [-0.25, -0.2) is 18.5 Å². The van der Waals surface area contributed by atoms with Crippen molar-refractivity contribution in [2.75, 3.05) is 13.7 Å². The maximum absolute atomic E-state index is 12.7. The lowest BCUT2D eigenvalue weighted by molar-refractivity contribution is -0.134. The first-order valence-corrected chi connectivity index (χ1v) is 17.1. The molecule has 0 fully saturated rings. The first kappa shape index (κ1) is 35.0. The number of nitrogens with zero attached hydrogens (tertiary/aromatic N) is 1. The number of ether oxygens (including phenoxy) is 2. The Labute approximate surface area is 245 Å². The molecule has 1 aromatic heterocycles. The number of H-pyrrole nitrogens is 1. The average Bonchev–Trinajstić information content (AvgIpc) is 3.40. The van der Waals surface area contributed by atoms with Gasteiger partial charge in [-0.15, -0.1) is 0 Å². The minimum Gasteiger partial charge on any atom is -0.427 e. The van der Waals surface area contributed by atoms with E-state index in [0.29, 0.717) is 12.0 Å². The van der Waals surface area contributed by atoms with E-state index >= 15 is 0 Å². The first-order valence-electron chi connectivity index (χ1n) is 12.6. The maximum Gasteiger partial charge on any atom is 0.490 e. The smallest absolute Gasteiger partial charge is 0.427 e. The number of carbonyl (C=O) groups excluding carboxylic acids is 1. The number of phosphoric ester groups is 2. The van der Waals surface area contributed by atoms with Gasteiger partial charge in [-0.05, 0) is 37.1 Å². The second-order valence-corrected chi connectivity index (χ2v) is 13.9. The van der Waals surface area contributed by atoms with Gasteiger partial charge in [-0.3, -0.25) is 32.7 Å². The summed E-state index contributed by atoms with van der Waals surface area (Å²) < 4.78 is 72.1. The summed E-state index contributed by atoms with van der Waals surface area (Å²) in [6.45, 7) is 2.27. The molecular formula is C23H31N2O15P3. The van der Waals surface area contributed by atoms with Crippen LogP contribution in [0.1, 0.15) is 43.5 Å². The van der Waals surface area contributed by atoms with Crippen LogP contribution in [0.4, 0.5) is 0 Å². The van der Waals surface area contributed by atoms with E-state index in [2.05, 4.69) is 18.1 Å². The van der Waals surface area contributed by atoms with Crippen LogP contribution in [-0.4, -0.2) is 45.1 Å². The number of hydrogen-bond donors (Lipinski definition) is 3. The standard InChI is InChI=1S/C23H31N2O15P3/c1-4-5-6-21(26)38-18-9-7-17(8-10-18)14-36-43(33,34-3)40-42(31,32)39-41(29,30)35-15-19-11-12-20(37-19)25-13-16(2)22(27)24-23(25)28/h7-13,19-20H,4-6,14-15H2,1-3H3,(H,29,30)(H,31,32)(H,24,27,28)/t19-,20+,43?/m0/s1. The van der Waals surface area contributed by atoms with Gasteiger partial charge >= 0.3 is 35.1 Å². The van der Waals surface area contributed by atoms with E-state index in [1.807, 2.05) is 6.92 Å². The zero-order valence-electron chi connectivity index (χ0n) is 23.2. The highest BCUT2D eigenvalue weighted by Gasteiger charge is 2.43. The van der Waals surface area contributed by atoms with E-state index < -0.39 is 66.2 Å². The Hall–Kier alpha value is -2.52. The van der Waals surface area contributed by atoms with Crippen LogP contribution in [0.2, 0.25) is 0 Å². The summed E-state index contributed by atoms with van der Waals surface area (Å²) in [6, 6.07) is 5.83. The molecule has 5 atom stereocenters. The van der Waals surface area contributed by atoms with Crippen molar-refractivity contribution in [3.05, 3.63) is 74.6 Å². The minimum atomic E-state index is -5.59. The Morgan fingerprint density at radius 1 is 1.05 bits per heavy atom. The maximum atomic E-state index is 12.7. The van der Waals surface area contributed by atoms with E-state index in [0.717, 1.165) is 18.1 Å². The summed E-state index contributed by atoms with van der Waals surface area (Å²) in [5, 5.41) is 0. The molecule has 0 saturated heterocycles. The molecule has 2 heterocycles. The fourth-order valence-corrected chi connectivity index (χ4v) is 7.23. The molecule has 1 aromatic carbocycles. The summed E-state index contributed by atoms with van der Waals surface area (Å²) >= 11 is 0. The van der Waals surface area contributed by atoms with Crippen LogP contribution in [0.25, 0.3) is 0 Å². The van der Waals surface area contributed by atoms with Crippen molar-refractivity contribution < 1.29 is 59.9 Å². The van der Waals surface area contributed by atoms with E-state index in [-0.39, 0.29) is 17.7 Å².